The molecule has 3 aromatic rings. The van der Waals surface area contributed by atoms with Crippen LogP contribution < -0.4 is 20.1 Å². The molecule has 1 amide bonds. The van der Waals surface area contributed by atoms with E-state index in [2.05, 4.69) is 15.6 Å². The van der Waals surface area contributed by atoms with E-state index in [-0.39, 0.29) is 12.7 Å². The molecule has 0 radical (unpaired) electrons. The summed E-state index contributed by atoms with van der Waals surface area (Å²) in [5.41, 5.74) is 3.44. The Kier molecular flexibility index (Phi) is 4.61. The van der Waals surface area contributed by atoms with Crippen LogP contribution in [0, 0.1) is 6.92 Å². The second-order valence-corrected chi connectivity index (χ2v) is 6.29. The normalized spacial score (nSPS) is 11.9. The van der Waals surface area contributed by atoms with Crippen LogP contribution in [0.5, 0.6) is 11.5 Å². The van der Waals surface area contributed by atoms with Gasteiger partial charge in [-0.15, -0.1) is 0 Å². The lowest BCUT2D eigenvalue weighted by molar-refractivity contribution is 0.102. The van der Waals surface area contributed by atoms with E-state index in [1.165, 1.54) is 0 Å². The number of nitrogens with one attached hydrogen (secondary N) is 2. The van der Waals surface area contributed by atoms with Gasteiger partial charge >= 0.3 is 0 Å². The van der Waals surface area contributed by atoms with Gasteiger partial charge in [0.25, 0.3) is 5.91 Å². The van der Waals surface area contributed by atoms with Gasteiger partial charge in [-0.05, 0) is 54.4 Å². The number of ether oxygens (including phenoxy) is 2. The highest BCUT2D eigenvalue weighted by Crippen LogP contribution is 2.32. The smallest absolute Gasteiger partial charge is 0.255 e. The largest absolute Gasteiger partial charge is 0.454 e. The first-order chi connectivity index (χ1) is 13.2. The van der Waals surface area contributed by atoms with Crippen molar-refractivity contribution in [3.63, 3.8) is 0 Å². The van der Waals surface area contributed by atoms with E-state index in [1.807, 2.05) is 49.4 Å². The highest BCUT2D eigenvalue weighted by molar-refractivity contribution is 6.04. The third kappa shape index (κ3) is 4.00. The molecule has 136 valence electrons. The van der Waals surface area contributed by atoms with Crippen LogP contribution >= 0.6 is 0 Å². The number of hydrogen-bond donors (Lipinski definition) is 2. The zero-order valence-electron chi connectivity index (χ0n) is 14.9. The van der Waals surface area contributed by atoms with E-state index in [4.69, 9.17) is 9.47 Å². The van der Waals surface area contributed by atoms with Gasteiger partial charge in [-0.3, -0.25) is 4.79 Å². The number of pyridine rings is 1. The Bertz CT molecular complexity index is 988. The molecule has 6 heteroatoms. The maximum absolute atomic E-state index is 12.5. The van der Waals surface area contributed by atoms with Gasteiger partial charge in [0, 0.05) is 24.0 Å². The predicted molar refractivity (Wildman–Crippen MR) is 103 cm³/mol. The van der Waals surface area contributed by atoms with Crippen LogP contribution in [0.2, 0.25) is 0 Å². The van der Waals surface area contributed by atoms with E-state index in [1.54, 1.807) is 18.3 Å². The van der Waals surface area contributed by atoms with Crippen molar-refractivity contribution in [3.8, 4) is 11.5 Å². The molecule has 2 N–H and O–H groups in total. The zero-order valence-corrected chi connectivity index (χ0v) is 14.9. The van der Waals surface area contributed by atoms with Gasteiger partial charge in [-0.25, -0.2) is 4.98 Å². The van der Waals surface area contributed by atoms with Crippen molar-refractivity contribution in [1.29, 1.82) is 0 Å². The first-order valence-corrected chi connectivity index (χ1v) is 8.64. The van der Waals surface area contributed by atoms with Crippen molar-refractivity contribution in [3.05, 3.63) is 77.5 Å². The van der Waals surface area contributed by atoms with E-state index < -0.39 is 0 Å². The van der Waals surface area contributed by atoms with Crippen LogP contribution in [-0.4, -0.2) is 17.7 Å². The minimum atomic E-state index is -0.172. The molecular formula is C21H19N3O3. The number of anilines is 2. The van der Waals surface area contributed by atoms with Crippen molar-refractivity contribution in [2.75, 3.05) is 17.4 Å². The number of amides is 1. The zero-order chi connectivity index (χ0) is 18.6. The number of fused-ring (bicyclic) bond motifs is 1. The number of aromatic nitrogens is 1. The molecule has 2 heterocycles. The number of nitrogens with zero attached hydrogens (tertiary/aromatic N) is 1. The Hall–Kier alpha value is -3.54. The Labute approximate surface area is 157 Å². The summed E-state index contributed by atoms with van der Waals surface area (Å²) in [4.78, 5) is 16.8. The van der Waals surface area contributed by atoms with Crippen LogP contribution in [0.25, 0.3) is 0 Å². The Morgan fingerprint density at radius 3 is 2.85 bits per heavy atom. The molecule has 6 nitrogen and oxygen atoms in total. The third-order valence-corrected chi connectivity index (χ3v) is 4.21. The molecule has 0 aliphatic carbocycles. The standard InChI is InChI=1S/C21H19N3O3/c1-14-3-2-4-17(9-14)24-21(25)16-7-8-22-20(11-16)23-12-15-5-6-18-19(10-15)27-13-26-18/h2-11H,12-13H2,1H3,(H,22,23)(H,24,25). The Morgan fingerprint density at radius 2 is 1.96 bits per heavy atom. The first kappa shape index (κ1) is 16.9. The molecule has 0 saturated carbocycles. The number of carbonyl (C=O) groups excluding carboxylic acids is 1. The lowest BCUT2D eigenvalue weighted by atomic mass is 10.2. The third-order valence-electron chi connectivity index (χ3n) is 4.21. The molecule has 2 aromatic carbocycles. The average Bonchev–Trinajstić information content (AvgIpc) is 3.14. The SMILES string of the molecule is Cc1cccc(NC(=O)c2ccnc(NCc3ccc4c(c3)OCO4)c2)c1. The summed E-state index contributed by atoms with van der Waals surface area (Å²) in [7, 11) is 0. The second-order valence-electron chi connectivity index (χ2n) is 6.29. The number of aryl methyl sites for hydroxylation is 1. The summed E-state index contributed by atoms with van der Waals surface area (Å²) in [6, 6.07) is 16.9. The Morgan fingerprint density at radius 1 is 1.07 bits per heavy atom. The topological polar surface area (TPSA) is 72.5 Å². The highest BCUT2D eigenvalue weighted by atomic mass is 16.7. The predicted octanol–water partition coefficient (Wildman–Crippen LogP) is 3.98. The summed E-state index contributed by atoms with van der Waals surface area (Å²) >= 11 is 0. The molecule has 0 unspecified atom stereocenters. The van der Waals surface area contributed by atoms with E-state index >= 15 is 0 Å². The van der Waals surface area contributed by atoms with Crippen molar-refractivity contribution in [2.45, 2.75) is 13.5 Å². The molecule has 1 aromatic heterocycles. The van der Waals surface area contributed by atoms with E-state index in [9.17, 15) is 4.79 Å². The average molecular weight is 361 g/mol. The summed E-state index contributed by atoms with van der Waals surface area (Å²) < 4.78 is 10.7. The summed E-state index contributed by atoms with van der Waals surface area (Å²) in [5.74, 6) is 1.96. The summed E-state index contributed by atoms with van der Waals surface area (Å²) in [6.07, 6.45) is 1.62. The van der Waals surface area contributed by atoms with Gasteiger partial charge in [0.2, 0.25) is 6.79 Å². The van der Waals surface area contributed by atoms with Gasteiger partial charge in [0.1, 0.15) is 5.82 Å². The number of rotatable bonds is 5. The van der Waals surface area contributed by atoms with Crippen LogP contribution in [0.3, 0.4) is 0 Å². The number of carbonyl (C=O) groups is 1. The molecule has 4 rings (SSSR count). The molecule has 0 atom stereocenters. The Balaban J connectivity index is 1.42. The number of benzene rings is 2. The molecule has 0 saturated heterocycles. The lowest BCUT2D eigenvalue weighted by Crippen LogP contribution is -2.13. The van der Waals surface area contributed by atoms with E-state index in [0.717, 1.165) is 28.3 Å². The van der Waals surface area contributed by atoms with Gasteiger partial charge < -0.3 is 20.1 Å². The monoisotopic (exact) mass is 361 g/mol. The molecule has 27 heavy (non-hydrogen) atoms. The van der Waals surface area contributed by atoms with Crippen molar-refractivity contribution in [1.82, 2.24) is 4.98 Å². The quantitative estimate of drug-likeness (QED) is 0.719. The van der Waals surface area contributed by atoms with Crippen molar-refractivity contribution < 1.29 is 14.3 Å². The van der Waals surface area contributed by atoms with Crippen LogP contribution in [-0.2, 0) is 6.54 Å². The van der Waals surface area contributed by atoms with Gasteiger partial charge in [0.15, 0.2) is 11.5 Å². The second kappa shape index (κ2) is 7.37. The van der Waals surface area contributed by atoms with Gasteiger partial charge in [-0.1, -0.05) is 18.2 Å². The first-order valence-electron chi connectivity index (χ1n) is 8.64. The molecule has 1 aliphatic rings. The fraction of sp³-hybridized carbons (Fsp3) is 0.143. The highest BCUT2D eigenvalue weighted by Gasteiger charge is 2.13. The molecule has 1 aliphatic heterocycles. The van der Waals surface area contributed by atoms with Crippen LogP contribution in [0.1, 0.15) is 21.5 Å². The fourth-order valence-electron chi connectivity index (χ4n) is 2.84. The summed E-state index contributed by atoms with van der Waals surface area (Å²) in [6.45, 7) is 2.80. The molecular weight excluding hydrogens is 342 g/mol. The van der Waals surface area contributed by atoms with E-state index in [0.29, 0.717) is 17.9 Å². The number of hydrogen-bond acceptors (Lipinski definition) is 5. The molecule has 0 spiro atoms. The van der Waals surface area contributed by atoms with Gasteiger partial charge in [-0.2, -0.15) is 0 Å². The maximum atomic E-state index is 12.5. The minimum Gasteiger partial charge on any atom is -0.454 e. The molecule has 0 bridgehead atoms. The minimum absolute atomic E-state index is 0.172. The maximum Gasteiger partial charge on any atom is 0.255 e. The fourth-order valence-corrected chi connectivity index (χ4v) is 2.84. The van der Waals surface area contributed by atoms with Crippen molar-refractivity contribution >= 4 is 17.4 Å². The van der Waals surface area contributed by atoms with Gasteiger partial charge in [0.05, 0.1) is 0 Å². The molecule has 0 fully saturated rings. The van der Waals surface area contributed by atoms with Crippen LogP contribution in [0.15, 0.2) is 60.8 Å². The lowest BCUT2D eigenvalue weighted by Gasteiger charge is -2.09. The summed E-state index contributed by atoms with van der Waals surface area (Å²) in [5, 5.41) is 6.14. The van der Waals surface area contributed by atoms with Crippen LogP contribution in [0.4, 0.5) is 11.5 Å². The van der Waals surface area contributed by atoms with Crippen molar-refractivity contribution in [2.24, 2.45) is 0 Å².